The van der Waals surface area contributed by atoms with Gasteiger partial charge in [0, 0.05) is 18.2 Å². The molecular formula is C18H24ClN3O2. The average Bonchev–Trinajstić information content (AvgIpc) is 3.00. The number of piperidine rings is 1. The number of benzene rings is 1. The van der Waals surface area contributed by atoms with Crippen molar-refractivity contribution >= 4 is 24.6 Å². The Morgan fingerprint density at radius 3 is 2.71 bits per heavy atom. The zero-order chi connectivity index (χ0) is 15.9. The van der Waals surface area contributed by atoms with Crippen molar-refractivity contribution in [3.05, 3.63) is 41.5 Å². The Kier molecular flexibility index (Phi) is 7.28. The minimum atomic E-state index is 0. The first-order valence-corrected chi connectivity index (χ1v) is 8.24. The summed E-state index contributed by atoms with van der Waals surface area (Å²) in [5.41, 5.74) is 1.02. The predicted octanol–water partition coefficient (Wildman–Crippen LogP) is 3.83. The van der Waals surface area contributed by atoms with Crippen LogP contribution in [0.2, 0.25) is 0 Å². The molecule has 1 saturated heterocycles. The lowest BCUT2D eigenvalue weighted by atomic mass is 10.1. The van der Waals surface area contributed by atoms with Gasteiger partial charge in [-0.15, -0.1) is 12.4 Å². The van der Waals surface area contributed by atoms with Crippen LogP contribution in [-0.4, -0.2) is 41.3 Å². The lowest BCUT2D eigenvalue weighted by Crippen LogP contribution is -2.33. The van der Waals surface area contributed by atoms with E-state index in [-0.39, 0.29) is 12.4 Å². The van der Waals surface area contributed by atoms with Gasteiger partial charge >= 0.3 is 0 Å². The zero-order valence-corrected chi connectivity index (χ0v) is 14.8. The van der Waals surface area contributed by atoms with Gasteiger partial charge in [-0.05, 0) is 45.0 Å². The Hall–Kier alpha value is -1.85. The number of ether oxygens (including phenoxy) is 1. The van der Waals surface area contributed by atoms with Gasteiger partial charge in [0.1, 0.15) is 12.4 Å². The molecule has 3 rings (SSSR count). The second-order valence-corrected chi connectivity index (χ2v) is 5.80. The number of aryl methyl sites for hydroxylation is 1. The second-order valence-electron chi connectivity index (χ2n) is 5.80. The van der Waals surface area contributed by atoms with Gasteiger partial charge in [-0.2, -0.15) is 4.98 Å². The smallest absolute Gasteiger partial charge is 0.250 e. The summed E-state index contributed by atoms with van der Waals surface area (Å²) in [6.07, 6.45) is 7.74. The molecule has 1 aliphatic heterocycles. The maximum absolute atomic E-state index is 5.97. The molecule has 1 aromatic carbocycles. The molecule has 24 heavy (non-hydrogen) atoms. The molecule has 1 aliphatic rings. The molecule has 0 aliphatic carbocycles. The molecular weight excluding hydrogens is 326 g/mol. The predicted molar refractivity (Wildman–Crippen MR) is 97.4 cm³/mol. The SMILES string of the molecule is Cc1noc(C=Cc2ccccc2OCCN2CCCCC2)n1.Cl. The van der Waals surface area contributed by atoms with Crippen LogP contribution < -0.4 is 4.74 Å². The third kappa shape index (κ3) is 5.35. The second kappa shape index (κ2) is 9.45. The molecule has 0 saturated carbocycles. The Labute approximate surface area is 149 Å². The van der Waals surface area contributed by atoms with E-state index >= 15 is 0 Å². The molecule has 1 aromatic heterocycles. The standard InChI is InChI=1S/C18H23N3O2.ClH/c1-15-19-18(23-20-15)10-9-16-7-3-4-8-17(16)22-14-13-21-11-5-2-6-12-21;/h3-4,7-10H,2,5-6,11-14H2,1H3;1H. The molecule has 5 nitrogen and oxygen atoms in total. The van der Waals surface area contributed by atoms with Crippen molar-refractivity contribution in [2.45, 2.75) is 26.2 Å². The average molecular weight is 350 g/mol. The van der Waals surface area contributed by atoms with Gasteiger partial charge in [0.15, 0.2) is 5.82 Å². The molecule has 1 fully saturated rings. The highest BCUT2D eigenvalue weighted by atomic mass is 35.5. The van der Waals surface area contributed by atoms with E-state index < -0.39 is 0 Å². The van der Waals surface area contributed by atoms with Crippen molar-refractivity contribution in [2.75, 3.05) is 26.2 Å². The lowest BCUT2D eigenvalue weighted by Gasteiger charge is -2.26. The van der Waals surface area contributed by atoms with Crippen molar-refractivity contribution in [2.24, 2.45) is 0 Å². The van der Waals surface area contributed by atoms with Crippen LogP contribution >= 0.6 is 12.4 Å². The van der Waals surface area contributed by atoms with Crippen molar-refractivity contribution in [1.82, 2.24) is 15.0 Å². The summed E-state index contributed by atoms with van der Waals surface area (Å²) in [4.78, 5) is 6.64. The van der Waals surface area contributed by atoms with E-state index in [0.29, 0.717) is 18.3 Å². The number of halogens is 1. The van der Waals surface area contributed by atoms with Crippen LogP contribution in [0.3, 0.4) is 0 Å². The summed E-state index contributed by atoms with van der Waals surface area (Å²) in [7, 11) is 0. The fraction of sp³-hybridized carbons (Fsp3) is 0.444. The Balaban J connectivity index is 0.00000208. The quantitative estimate of drug-likeness (QED) is 0.793. The summed E-state index contributed by atoms with van der Waals surface area (Å²) in [5, 5.41) is 3.78. The molecule has 2 aromatic rings. The van der Waals surface area contributed by atoms with Gasteiger partial charge in [0.05, 0.1) is 0 Å². The summed E-state index contributed by atoms with van der Waals surface area (Å²) < 4.78 is 11.1. The van der Waals surface area contributed by atoms with Gasteiger partial charge in [-0.1, -0.05) is 29.8 Å². The highest BCUT2D eigenvalue weighted by molar-refractivity contribution is 5.85. The van der Waals surface area contributed by atoms with E-state index in [0.717, 1.165) is 17.9 Å². The van der Waals surface area contributed by atoms with Gasteiger partial charge in [0.2, 0.25) is 0 Å². The highest BCUT2D eigenvalue weighted by Gasteiger charge is 2.10. The maximum atomic E-state index is 5.97. The number of hydrogen-bond acceptors (Lipinski definition) is 5. The number of nitrogens with zero attached hydrogens (tertiary/aromatic N) is 3. The monoisotopic (exact) mass is 349 g/mol. The van der Waals surface area contributed by atoms with Gasteiger partial charge in [0.25, 0.3) is 5.89 Å². The third-order valence-electron chi connectivity index (χ3n) is 3.98. The fourth-order valence-corrected chi connectivity index (χ4v) is 2.76. The Bertz CT molecular complexity index is 651. The summed E-state index contributed by atoms with van der Waals surface area (Å²) in [6.45, 7) is 5.90. The molecule has 0 spiro atoms. The van der Waals surface area contributed by atoms with E-state index in [9.17, 15) is 0 Å². The number of rotatable bonds is 6. The summed E-state index contributed by atoms with van der Waals surface area (Å²) >= 11 is 0. The Morgan fingerprint density at radius 2 is 1.96 bits per heavy atom. The fourth-order valence-electron chi connectivity index (χ4n) is 2.76. The first-order valence-electron chi connectivity index (χ1n) is 8.24. The number of para-hydroxylation sites is 1. The van der Waals surface area contributed by atoms with Crippen molar-refractivity contribution in [1.29, 1.82) is 0 Å². The van der Waals surface area contributed by atoms with Crippen LogP contribution in [-0.2, 0) is 0 Å². The highest BCUT2D eigenvalue weighted by Crippen LogP contribution is 2.20. The topological polar surface area (TPSA) is 51.4 Å². The summed E-state index contributed by atoms with van der Waals surface area (Å²) in [5.74, 6) is 2.03. The molecule has 0 N–H and O–H groups in total. The Morgan fingerprint density at radius 1 is 1.17 bits per heavy atom. The third-order valence-corrected chi connectivity index (χ3v) is 3.98. The molecule has 0 amide bonds. The molecule has 0 radical (unpaired) electrons. The van der Waals surface area contributed by atoms with Crippen LogP contribution in [0.1, 0.15) is 36.5 Å². The largest absolute Gasteiger partial charge is 0.492 e. The minimum Gasteiger partial charge on any atom is -0.492 e. The normalized spacial score (nSPS) is 15.4. The van der Waals surface area contributed by atoms with Crippen LogP contribution in [0.5, 0.6) is 5.75 Å². The van der Waals surface area contributed by atoms with E-state index in [2.05, 4.69) is 15.0 Å². The molecule has 0 unspecified atom stereocenters. The molecule has 130 valence electrons. The van der Waals surface area contributed by atoms with Crippen molar-refractivity contribution in [3.63, 3.8) is 0 Å². The molecule has 2 heterocycles. The molecule has 0 bridgehead atoms. The first kappa shape index (κ1) is 18.5. The van der Waals surface area contributed by atoms with Gasteiger partial charge < -0.3 is 9.26 Å². The molecule has 6 heteroatoms. The first-order chi connectivity index (χ1) is 11.3. The van der Waals surface area contributed by atoms with Gasteiger partial charge in [-0.3, -0.25) is 4.90 Å². The van der Waals surface area contributed by atoms with Crippen LogP contribution in [0.15, 0.2) is 28.8 Å². The molecule has 0 atom stereocenters. The van der Waals surface area contributed by atoms with Crippen LogP contribution in [0.4, 0.5) is 0 Å². The number of likely N-dealkylation sites (tertiary alicyclic amines) is 1. The number of hydrogen-bond donors (Lipinski definition) is 0. The van der Waals surface area contributed by atoms with Crippen LogP contribution in [0.25, 0.3) is 12.2 Å². The van der Waals surface area contributed by atoms with E-state index in [1.807, 2.05) is 36.4 Å². The van der Waals surface area contributed by atoms with Crippen LogP contribution in [0, 0.1) is 6.92 Å². The van der Waals surface area contributed by atoms with E-state index in [1.165, 1.54) is 32.4 Å². The minimum absolute atomic E-state index is 0. The van der Waals surface area contributed by atoms with E-state index in [1.54, 1.807) is 6.92 Å². The lowest BCUT2D eigenvalue weighted by molar-refractivity contribution is 0.183. The maximum Gasteiger partial charge on any atom is 0.250 e. The zero-order valence-electron chi connectivity index (χ0n) is 14.0. The number of aromatic nitrogens is 2. The van der Waals surface area contributed by atoms with Gasteiger partial charge in [-0.25, -0.2) is 0 Å². The van der Waals surface area contributed by atoms with E-state index in [4.69, 9.17) is 9.26 Å². The van der Waals surface area contributed by atoms with Crippen molar-refractivity contribution in [3.8, 4) is 5.75 Å². The summed E-state index contributed by atoms with van der Waals surface area (Å²) in [6, 6.07) is 8.01. The van der Waals surface area contributed by atoms with Crippen molar-refractivity contribution < 1.29 is 9.26 Å².